The summed E-state index contributed by atoms with van der Waals surface area (Å²) in [5.41, 5.74) is 5.28. The largest absolute Gasteiger partial charge is 2.00 e. The average Bonchev–Trinajstić information content (AvgIpc) is 3.44. The Morgan fingerprint density at radius 3 is 1.26 bits per heavy atom. The Bertz CT molecular complexity index is 789. The second-order valence-corrected chi connectivity index (χ2v) is 8.78. The molecule has 4 rings (SSSR count). The molecule has 34 heavy (non-hydrogen) atoms. The third-order valence-electron chi connectivity index (χ3n) is 4.72. The van der Waals surface area contributed by atoms with E-state index in [4.69, 9.17) is 0 Å². The van der Waals surface area contributed by atoms with Crippen LogP contribution in [0.1, 0.15) is 64.5 Å². The normalized spacial score (nSPS) is 12.6. The number of hydrogen-bond acceptors (Lipinski definition) is 0. The molecule has 0 fully saturated rings. The van der Waals surface area contributed by atoms with E-state index in [0.29, 0.717) is 0 Å². The van der Waals surface area contributed by atoms with Crippen LogP contribution >= 0.6 is 0 Å². The molecule has 0 bridgehead atoms. The minimum absolute atomic E-state index is 0. The van der Waals surface area contributed by atoms with Crippen LogP contribution in [-0.4, -0.2) is 0 Å². The summed E-state index contributed by atoms with van der Waals surface area (Å²) in [5, 5.41) is 0. The zero-order valence-electron chi connectivity index (χ0n) is 20.9. The Morgan fingerprint density at radius 2 is 1.00 bits per heavy atom. The van der Waals surface area contributed by atoms with Crippen LogP contribution in [0.25, 0.3) is 0 Å². The fourth-order valence-corrected chi connectivity index (χ4v) is 3.35. The van der Waals surface area contributed by atoms with Gasteiger partial charge < -0.3 is 48.0 Å². The molecule has 3 heteroatoms. The van der Waals surface area contributed by atoms with E-state index in [1.54, 1.807) is 0 Å². The molecular formula is C31H37I2Zr-3. The smallest absolute Gasteiger partial charge is 1.00 e. The Labute approximate surface area is 262 Å². The Morgan fingerprint density at radius 1 is 0.647 bits per heavy atom. The van der Waals surface area contributed by atoms with Crippen molar-refractivity contribution in [1.29, 1.82) is 0 Å². The molecule has 0 spiro atoms. The monoisotopic (exact) mass is 753 g/mol. The van der Waals surface area contributed by atoms with Crippen LogP contribution in [-0.2, 0) is 26.2 Å². The predicted octanol–water partition coefficient (Wildman–Crippen LogP) is 2.74. The van der Waals surface area contributed by atoms with Crippen molar-refractivity contribution in [2.75, 3.05) is 0 Å². The molecule has 0 N–H and O–H groups in total. The summed E-state index contributed by atoms with van der Waals surface area (Å²) in [7, 11) is 0. The van der Waals surface area contributed by atoms with Crippen molar-refractivity contribution in [1.82, 2.24) is 0 Å². The molecule has 2 aromatic carbocycles. The number of rotatable bonds is 6. The zero-order valence-corrected chi connectivity index (χ0v) is 27.7. The topological polar surface area (TPSA) is 0 Å². The minimum Gasteiger partial charge on any atom is -1.00 e. The quantitative estimate of drug-likeness (QED) is 0.315. The van der Waals surface area contributed by atoms with Crippen LogP contribution in [0.5, 0.6) is 0 Å². The fraction of sp³-hybridized carbons (Fsp3) is 0.323. The van der Waals surface area contributed by atoms with E-state index in [-0.39, 0.29) is 74.2 Å². The molecule has 182 valence electrons. The Kier molecular flexibility index (Phi) is 23.0. The summed E-state index contributed by atoms with van der Waals surface area (Å²) in [5.74, 6) is 1.55. The second-order valence-electron chi connectivity index (χ2n) is 8.78. The van der Waals surface area contributed by atoms with Gasteiger partial charge in [-0.2, -0.15) is 12.2 Å². The van der Waals surface area contributed by atoms with Gasteiger partial charge in [-0.05, 0) is 11.8 Å². The summed E-state index contributed by atoms with van der Waals surface area (Å²) < 4.78 is 0. The predicted molar refractivity (Wildman–Crippen MR) is 135 cm³/mol. The van der Waals surface area contributed by atoms with E-state index in [1.807, 2.05) is 12.1 Å². The van der Waals surface area contributed by atoms with E-state index < -0.39 is 0 Å². The first-order chi connectivity index (χ1) is 15.0. The van der Waals surface area contributed by atoms with Gasteiger partial charge in [-0.15, -0.1) is 54.7 Å². The van der Waals surface area contributed by atoms with Gasteiger partial charge in [0.2, 0.25) is 0 Å². The third-order valence-corrected chi connectivity index (χ3v) is 4.72. The van der Waals surface area contributed by atoms with Gasteiger partial charge in [0, 0.05) is 0 Å². The van der Waals surface area contributed by atoms with E-state index in [0.717, 1.165) is 24.7 Å². The summed E-state index contributed by atoms with van der Waals surface area (Å²) in [4.78, 5) is 0. The van der Waals surface area contributed by atoms with E-state index in [9.17, 15) is 0 Å². The van der Waals surface area contributed by atoms with Gasteiger partial charge in [-0.25, -0.2) is 23.3 Å². The van der Waals surface area contributed by atoms with Crippen LogP contribution in [0.3, 0.4) is 0 Å². The molecule has 0 nitrogen and oxygen atoms in total. The van der Waals surface area contributed by atoms with Crippen molar-refractivity contribution in [3.63, 3.8) is 0 Å². The molecule has 0 saturated carbocycles. The zero-order chi connectivity index (χ0) is 22.3. The first kappa shape index (κ1) is 35.8. The van der Waals surface area contributed by atoms with Gasteiger partial charge in [0.1, 0.15) is 0 Å². The molecule has 0 radical (unpaired) electrons. The molecule has 0 unspecified atom stereocenters. The van der Waals surface area contributed by atoms with Gasteiger partial charge in [0.05, 0.1) is 0 Å². The molecule has 2 aromatic rings. The first-order valence-electron chi connectivity index (χ1n) is 11.5. The summed E-state index contributed by atoms with van der Waals surface area (Å²) in [6.45, 7) is 8.95. The molecule has 2 aliphatic rings. The average molecular weight is 755 g/mol. The van der Waals surface area contributed by atoms with E-state index in [2.05, 4.69) is 119 Å². The SMILES string of the molecule is CC(C)CC1=[C-]CC=C1.CC(C)CC1=[C-]CC=C1.[I-].[I-].[Zr+2].c1ccc([CH-]c2ccccc2)cc1. The number of halogens is 2. The standard InChI is InChI=1S/C13H11.2C9H13.2HI.Zr/c1-3-7-12(8-4-1)11-13-9-5-2-6-10-13;2*1-8(2)7-9-5-3-4-6-9;;;/h1-11H;2*3,5,8H,4,7H2,1-2H3;2*1H;/q3*-1;;;+2/p-2. The summed E-state index contributed by atoms with van der Waals surface area (Å²) in [6, 6.07) is 20.7. The van der Waals surface area contributed by atoms with Crippen LogP contribution in [0.4, 0.5) is 0 Å². The first-order valence-corrected chi connectivity index (χ1v) is 11.5. The van der Waals surface area contributed by atoms with E-state index in [1.165, 1.54) is 35.1 Å². The molecule has 0 heterocycles. The molecule has 0 atom stereocenters. The van der Waals surface area contributed by atoms with Gasteiger partial charge in [-0.1, -0.05) is 76.9 Å². The number of benzene rings is 2. The molecule has 0 aromatic heterocycles. The maximum Gasteiger partial charge on any atom is 2.00 e. The molecule has 2 aliphatic carbocycles. The maximum atomic E-state index is 3.29. The third kappa shape index (κ3) is 17.1. The van der Waals surface area contributed by atoms with Crippen LogP contribution in [0.15, 0.2) is 96.1 Å². The Balaban J connectivity index is 0. The van der Waals surface area contributed by atoms with Gasteiger partial charge in [0.15, 0.2) is 0 Å². The minimum atomic E-state index is 0. The van der Waals surface area contributed by atoms with Crippen LogP contribution in [0.2, 0.25) is 0 Å². The number of hydrogen-bond donors (Lipinski definition) is 0. The van der Waals surface area contributed by atoms with Crippen molar-refractivity contribution in [3.05, 3.63) is 126 Å². The second kappa shape index (κ2) is 21.9. The van der Waals surface area contributed by atoms with E-state index >= 15 is 0 Å². The number of allylic oxidation sites excluding steroid dienone is 8. The van der Waals surface area contributed by atoms with Crippen molar-refractivity contribution in [2.24, 2.45) is 11.8 Å². The Hall–Kier alpha value is -0.387. The van der Waals surface area contributed by atoms with Crippen LogP contribution < -0.4 is 48.0 Å². The molecular weight excluding hydrogens is 717 g/mol. The maximum absolute atomic E-state index is 3.29. The molecule has 0 saturated heterocycles. The van der Waals surface area contributed by atoms with Crippen molar-refractivity contribution in [3.8, 4) is 0 Å². The van der Waals surface area contributed by atoms with Crippen molar-refractivity contribution < 1.29 is 74.2 Å². The summed E-state index contributed by atoms with van der Waals surface area (Å²) in [6.07, 6.45) is 21.9. The van der Waals surface area contributed by atoms with Crippen molar-refractivity contribution in [2.45, 2.75) is 53.4 Å². The fourth-order valence-electron chi connectivity index (χ4n) is 3.35. The summed E-state index contributed by atoms with van der Waals surface area (Å²) >= 11 is 0. The van der Waals surface area contributed by atoms with Crippen LogP contribution in [0, 0.1) is 30.4 Å². The van der Waals surface area contributed by atoms with Gasteiger partial charge in [-0.3, -0.25) is 12.2 Å². The van der Waals surface area contributed by atoms with Gasteiger partial charge >= 0.3 is 26.2 Å². The molecule has 0 aliphatic heterocycles. The van der Waals surface area contributed by atoms with Crippen molar-refractivity contribution >= 4 is 0 Å². The van der Waals surface area contributed by atoms with Gasteiger partial charge in [0.25, 0.3) is 0 Å². The molecule has 0 amide bonds.